The van der Waals surface area contributed by atoms with Crippen LogP contribution in [-0.4, -0.2) is 26.7 Å². The van der Waals surface area contributed by atoms with E-state index in [-0.39, 0.29) is 11.9 Å². The maximum atomic E-state index is 12.2. The van der Waals surface area contributed by atoms with Gasteiger partial charge in [-0.25, -0.2) is 4.98 Å². The summed E-state index contributed by atoms with van der Waals surface area (Å²) in [6, 6.07) is 2.03. The van der Waals surface area contributed by atoms with Gasteiger partial charge in [-0.3, -0.25) is 9.48 Å². The molecule has 0 bridgehead atoms. The van der Waals surface area contributed by atoms with E-state index >= 15 is 0 Å². The molecule has 2 rings (SSSR count). The van der Waals surface area contributed by atoms with E-state index in [2.05, 4.69) is 15.4 Å². The Morgan fingerprint density at radius 3 is 2.60 bits per heavy atom. The largest absolute Gasteiger partial charge is 0.346 e. The zero-order chi connectivity index (χ0) is 14.9. The third-order valence-electron chi connectivity index (χ3n) is 3.05. The van der Waals surface area contributed by atoms with Crippen LogP contribution in [0.25, 0.3) is 0 Å². The number of amides is 1. The molecule has 5 nitrogen and oxygen atoms in total. The minimum Gasteiger partial charge on any atom is -0.346 e. The zero-order valence-corrected chi connectivity index (χ0v) is 13.3. The second-order valence-electron chi connectivity index (χ2n) is 5.12. The highest BCUT2D eigenvalue weighted by Gasteiger charge is 2.16. The highest BCUT2D eigenvalue weighted by atomic mass is 32.1. The molecule has 0 aliphatic heterocycles. The first-order chi connectivity index (χ1) is 9.36. The van der Waals surface area contributed by atoms with E-state index < -0.39 is 0 Å². The fourth-order valence-electron chi connectivity index (χ4n) is 2.20. The molecule has 2 heterocycles. The molecule has 1 atom stereocenters. The smallest absolute Gasteiger partial charge is 0.271 e. The number of carbonyl (C=O) groups excluding carboxylic acids is 1. The average molecular weight is 292 g/mol. The van der Waals surface area contributed by atoms with E-state index in [1.807, 2.05) is 45.4 Å². The van der Waals surface area contributed by atoms with Crippen molar-refractivity contribution in [3.8, 4) is 0 Å². The number of thiazole rings is 1. The Labute approximate surface area is 123 Å². The van der Waals surface area contributed by atoms with Gasteiger partial charge in [-0.15, -0.1) is 11.3 Å². The Hall–Kier alpha value is -1.69. The third-order valence-corrected chi connectivity index (χ3v) is 3.93. The number of hydrogen-bond acceptors (Lipinski definition) is 4. The van der Waals surface area contributed by atoms with Gasteiger partial charge in [-0.2, -0.15) is 5.10 Å². The SMILES string of the molecule is Cc1cc(C)n(C[C@H](C)NC(=O)c2nc(C)sc2C)n1. The summed E-state index contributed by atoms with van der Waals surface area (Å²) in [4.78, 5) is 17.4. The second-order valence-corrected chi connectivity index (χ2v) is 6.53. The second kappa shape index (κ2) is 5.75. The van der Waals surface area contributed by atoms with Gasteiger partial charge in [0.15, 0.2) is 0 Å². The normalized spacial score (nSPS) is 12.4. The molecule has 2 aromatic rings. The molecule has 0 saturated carbocycles. The van der Waals surface area contributed by atoms with Crippen LogP contribution in [-0.2, 0) is 6.54 Å². The van der Waals surface area contributed by atoms with E-state index in [4.69, 9.17) is 0 Å². The first-order valence-electron chi connectivity index (χ1n) is 6.62. The lowest BCUT2D eigenvalue weighted by Crippen LogP contribution is -2.36. The van der Waals surface area contributed by atoms with Gasteiger partial charge in [-0.1, -0.05) is 0 Å². The monoisotopic (exact) mass is 292 g/mol. The lowest BCUT2D eigenvalue weighted by Gasteiger charge is -2.14. The molecule has 1 N–H and O–H groups in total. The number of hydrogen-bond donors (Lipinski definition) is 1. The fraction of sp³-hybridized carbons (Fsp3) is 0.500. The number of aryl methyl sites for hydroxylation is 4. The molecule has 0 fully saturated rings. The highest BCUT2D eigenvalue weighted by Crippen LogP contribution is 2.16. The van der Waals surface area contributed by atoms with Crippen molar-refractivity contribution in [1.29, 1.82) is 0 Å². The summed E-state index contributed by atoms with van der Waals surface area (Å²) in [5.74, 6) is -0.110. The van der Waals surface area contributed by atoms with Crippen molar-refractivity contribution < 1.29 is 4.79 Å². The lowest BCUT2D eigenvalue weighted by molar-refractivity contribution is 0.0930. The highest BCUT2D eigenvalue weighted by molar-refractivity contribution is 7.11. The maximum Gasteiger partial charge on any atom is 0.271 e. The molecule has 0 aliphatic carbocycles. The summed E-state index contributed by atoms with van der Waals surface area (Å²) in [5.41, 5.74) is 2.63. The first-order valence-corrected chi connectivity index (χ1v) is 7.44. The van der Waals surface area contributed by atoms with E-state index in [0.717, 1.165) is 21.3 Å². The van der Waals surface area contributed by atoms with E-state index in [1.54, 1.807) is 11.3 Å². The average Bonchev–Trinajstić information content (AvgIpc) is 2.81. The molecular formula is C14H20N4OS. The predicted molar refractivity (Wildman–Crippen MR) is 80.2 cm³/mol. The molecule has 0 spiro atoms. The van der Waals surface area contributed by atoms with Gasteiger partial charge < -0.3 is 5.32 Å². The van der Waals surface area contributed by atoms with Crippen molar-refractivity contribution in [2.24, 2.45) is 0 Å². The molecule has 0 radical (unpaired) electrons. The Balaban J connectivity index is 2.01. The van der Waals surface area contributed by atoms with Gasteiger partial charge in [0.2, 0.25) is 0 Å². The molecular weight excluding hydrogens is 272 g/mol. The van der Waals surface area contributed by atoms with Crippen LogP contribution in [0.1, 0.15) is 38.7 Å². The number of aromatic nitrogens is 3. The van der Waals surface area contributed by atoms with E-state index in [0.29, 0.717) is 12.2 Å². The standard InChI is InChI=1S/C14H20N4OS/c1-8-6-10(3)18(17-8)7-9(2)15-14(19)13-11(4)20-12(5)16-13/h6,9H,7H2,1-5H3,(H,15,19)/t9-/m0/s1. The molecule has 1 amide bonds. The molecule has 108 valence electrons. The van der Waals surface area contributed by atoms with Gasteiger partial charge in [0.05, 0.1) is 17.2 Å². The van der Waals surface area contributed by atoms with Gasteiger partial charge in [0.25, 0.3) is 5.91 Å². The molecule has 0 unspecified atom stereocenters. The Morgan fingerprint density at radius 1 is 1.40 bits per heavy atom. The van der Waals surface area contributed by atoms with Crippen LogP contribution in [0.4, 0.5) is 0 Å². The molecule has 20 heavy (non-hydrogen) atoms. The van der Waals surface area contributed by atoms with Crippen molar-refractivity contribution in [1.82, 2.24) is 20.1 Å². The Bertz CT molecular complexity index is 629. The summed E-state index contributed by atoms with van der Waals surface area (Å²) >= 11 is 1.54. The Kier molecular flexibility index (Phi) is 4.23. The van der Waals surface area contributed by atoms with Gasteiger partial charge in [0, 0.05) is 16.6 Å². The Morgan fingerprint density at radius 2 is 2.10 bits per heavy atom. The summed E-state index contributed by atoms with van der Waals surface area (Å²) in [6.45, 7) is 10.5. The molecule has 0 aliphatic rings. The van der Waals surface area contributed by atoms with Gasteiger partial charge in [-0.05, 0) is 40.7 Å². The van der Waals surface area contributed by atoms with E-state index in [9.17, 15) is 4.79 Å². The van der Waals surface area contributed by atoms with Crippen LogP contribution in [0.5, 0.6) is 0 Å². The minimum atomic E-state index is -0.110. The van der Waals surface area contributed by atoms with Crippen molar-refractivity contribution in [2.75, 3.05) is 0 Å². The minimum absolute atomic E-state index is 0.00176. The molecule has 2 aromatic heterocycles. The third kappa shape index (κ3) is 3.25. The lowest BCUT2D eigenvalue weighted by atomic mass is 10.3. The number of rotatable bonds is 4. The predicted octanol–water partition coefficient (Wildman–Crippen LogP) is 2.39. The van der Waals surface area contributed by atoms with Crippen LogP contribution < -0.4 is 5.32 Å². The quantitative estimate of drug-likeness (QED) is 0.941. The topological polar surface area (TPSA) is 59.8 Å². The summed E-state index contributed by atoms with van der Waals surface area (Å²) < 4.78 is 1.92. The fourth-order valence-corrected chi connectivity index (χ4v) is 3.01. The van der Waals surface area contributed by atoms with Crippen molar-refractivity contribution >= 4 is 17.2 Å². The van der Waals surface area contributed by atoms with Crippen molar-refractivity contribution in [3.05, 3.63) is 33.0 Å². The van der Waals surface area contributed by atoms with Crippen LogP contribution in [0, 0.1) is 27.7 Å². The summed E-state index contributed by atoms with van der Waals surface area (Å²) in [6.07, 6.45) is 0. The summed E-state index contributed by atoms with van der Waals surface area (Å²) in [7, 11) is 0. The maximum absolute atomic E-state index is 12.2. The van der Waals surface area contributed by atoms with Crippen molar-refractivity contribution in [2.45, 2.75) is 47.2 Å². The molecule has 0 aromatic carbocycles. The van der Waals surface area contributed by atoms with Crippen LogP contribution in [0.2, 0.25) is 0 Å². The van der Waals surface area contributed by atoms with Gasteiger partial charge in [0.1, 0.15) is 5.69 Å². The summed E-state index contributed by atoms with van der Waals surface area (Å²) in [5, 5.41) is 8.30. The number of carbonyl (C=O) groups is 1. The van der Waals surface area contributed by atoms with Crippen LogP contribution >= 0.6 is 11.3 Å². The molecule has 0 saturated heterocycles. The van der Waals surface area contributed by atoms with E-state index in [1.165, 1.54) is 0 Å². The van der Waals surface area contributed by atoms with Crippen LogP contribution in [0.15, 0.2) is 6.07 Å². The zero-order valence-electron chi connectivity index (χ0n) is 12.5. The first kappa shape index (κ1) is 14.7. The van der Waals surface area contributed by atoms with Crippen LogP contribution in [0.3, 0.4) is 0 Å². The number of nitrogens with one attached hydrogen (secondary N) is 1. The molecule has 6 heteroatoms. The van der Waals surface area contributed by atoms with Crippen molar-refractivity contribution in [3.63, 3.8) is 0 Å². The van der Waals surface area contributed by atoms with Gasteiger partial charge >= 0.3 is 0 Å². The number of nitrogens with zero attached hydrogens (tertiary/aromatic N) is 3.